The van der Waals surface area contributed by atoms with Gasteiger partial charge < -0.3 is 0 Å². The fourth-order valence-corrected chi connectivity index (χ4v) is 2.43. The molecule has 0 amide bonds. The molecule has 4 heteroatoms. The Kier molecular flexibility index (Phi) is 3.38. The number of hydrogen-bond acceptors (Lipinski definition) is 3. The van der Waals surface area contributed by atoms with Gasteiger partial charge in [0.25, 0.3) is 0 Å². The van der Waals surface area contributed by atoms with Crippen molar-refractivity contribution in [3.63, 3.8) is 0 Å². The summed E-state index contributed by atoms with van der Waals surface area (Å²) in [7, 11) is 0. The van der Waals surface area contributed by atoms with E-state index >= 15 is 0 Å². The van der Waals surface area contributed by atoms with Crippen LogP contribution in [0.4, 0.5) is 0 Å². The first kappa shape index (κ1) is 10.6. The number of hydrogen-bond donors (Lipinski definition) is 1. The second-order valence-electron chi connectivity index (χ2n) is 3.09. The molecule has 1 aromatic heterocycles. The summed E-state index contributed by atoms with van der Waals surface area (Å²) < 4.78 is 0. The number of rotatable bonds is 3. The molecule has 15 heavy (non-hydrogen) atoms. The SMILES string of the molecule is NOCc1cc(Cl)ccc1-c1cccs1. The van der Waals surface area contributed by atoms with Crippen molar-refractivity contribution in [3.8, 4) is 10.4 Å². The van der Waals surface area contributed by atoms with Crippen LogP contribution >= 0.6 is 22.9 Å². The fraction of sp³-hybridized carbons (Fsp3) is 0.0909. The van der Waals surface area contributed by atoms with Crippen LogP contribution < -0.4 is 5.90 Å². The van der Waals surface area contributed by atoms with Crippen molar-refractivity contribution in [1.82, 2.24) is 0 Å². The molecule has 1 heterocycles. The van der Waals surface area contributed by atoms with E-state index in [0.29, 0.717) is 11.6 Å². The van der Waals surface area contributed by atoms with Crippen LogP contribution in [0.15, 0.2) is 35.7 Å². The maximum Gasteiger partial charge on any atom is 0.0936 e. The van der Waals surface area contributed by atoms with E-state index < -0.39 is 0 Å². The van der Waals surface area contributed by atoms with E-state index in [2.05, 4.69) is 10.9 Å². The van der Waals surface area contributed by atoms with Gasteiger partial charge in [-0.3, -0.25) is 4.84 Å². The van der Waals surface area contributed by atoms with Crippen LogP contribution in [-0.2, 0) is 11.4 Å². The van der Waals surface area contributed by atoms with Crippen molar-refractivity contribution < 1.29 is 4.84 Å². The maximum atomic E-state index is 5.92. The Morgan fingerprint density at radius 3 is 2.87 bits per heavy atom. The highest BCUT2D eigenvalue weighted by Gasteiger charge is 2.06. The van der Waals surface area contributed by atoms with E-state index in [9.17, 15) is 0 Å². The summed E-state index contributed by atoms with van der Waals surface area (Å²) >= 11 is 7.60. The summed E-state index contributed by atoms with van der Waals surface area (Å²) in [6.07, 6.45) is 0. The van der Waals surface area contributed by atoms with E-state index in [0.717, 1.165) is 11.1 Å². The first-order valence-electron chi connectivity index (χ1n) is 4.45. The first-order chi connectivity index (χ1) is 7.31. The lowest BCUT2D eigenvalue weighted by atomic mass is 10.1. The van der Waals surface area contributed by atoms with E-state index in [1.807, 2.05) is 29.6 Å². The molecule has 0 radical (unpaired) electrons. The minimum Gasteiger partial charge on any atom is -0.300 e. The lowest BCUT2D eigenvalue weighted by molar-refractivity contribution is 0.124. The minimum absolute atomic E-state index is 0.369. The van der Waals surface area contributed by atoms with E-state index in [1.54, 1.807) is 11.3 Å². The molecule has 0 atom stereocenters. The second-order valence-corrected chi connectivity index (χ2v) is 4.47. The molecular formula is C11H10ClNOS. The average Bonchev–Trinajstić information content (AvgIpc) is 2.71. The lowest BCUT2D eigenvalue weighted by Crippen LogP contribution is -2.00. The molecule has 0 spiro atoms. The minimum atomic E-state index is 0.369. The highest BCUT2D eigenvalue weighted by atomic mass is 35.5. The van der Waals surface area contributed by atoms with Crippen molar-refractivity contribution in [1.29, 1.82) is 0 Å². The normalized spacial score (nSPS) is 10.5. The Balaban J connectivity index is 2.46. The quantitative estimate of drug-likeness (QED) is 0.833. The van der Waals surface area contributed by atoms with Crippen LogP contribution in [-0.4, -0.2) is 0 Å². The smallest absolute Gasteiger partial charge is 0.0936 e. The molecule has 0 bridgehead atoms. The molecule has 2 aromatic rings. The van der Waals surface area contributed by atoms with Gasteiger partial charge in [0.05, 0.1) is 6.61 Å². The van der Waals surface area contributed by atoms with Crippen molar-refractivity contribution in [2.45, 2.75) is 6.61 Å². The zero-order chi connectivity index (χ0) is 10.7. The Labute approximate surface area is 97.2 Å². The Morgan fingerprint density at radius 2 is 2.20 bits per heavy atom. The first-order valence-corrected chi connectivity index (χ1v) is 5.71. The molecule has 0 aliphatic rings. The van der Waals surface area contributed by atoms with Crippen LogP contribution in [0.1, 0.15) is 5.56 Å². The van der Waals surface area contributed by atoms with Crippen LogP contribution in [0.5, 0.6) is 0 Å². The summed E-state index contributed by atoms with van der Waals surface area (Å²) in [6, 6.07) is 9.82. The Hall–Kier alpha value is -0.870. The molecule has 0 aliphatic carbocycles. The third-order valence-corrected chi connectivity index (χ3v) is 3.23. The van der Waals surface area contributed by atoms with Gasteiger partial charge in [0.2, 0.25) is 0 Å². The summed E-state index contributed by atoms with van der Waals surface area (Å²) in [5, 5.41) is 2.74. The van der Waals surface area contributed by atoms with Crippen molar-refractivity contribution in [2.24, 2.45) is 5.90 Å². The van der Waals surface area contributed by atoms with Crippen LogP contribution in [0, 0.1) is 0 Å². The zero-order valence-corrected chi connectivity index (χ0v) is 9.52. The van der Waals surface area contributed by atoms with E-state index in [-0.39, 0.29) is 0 Å². The molecule has 78 valence electrons. The number of nitrogens with two attached hydrogens (primary N) is 1. The largest absolute Gasteiger partial charge is 0.300 e. The molecule has 2 N–H and O–H groups in total. The molecule has 0 unspecified atom stereocenters. The molecule has 2 rings (SSSR count). The van der Waals surface area contributed by atoms with E-state index in [1.165, 1.54) is 4.88 Å². The molecule has 0 aliphatic heterocycles. The summed E-state index contributed by atoms with van der Waals surface area (Å²) in [4.78, 5) is 5.86. The third-order valence-electron chi connectivity index (χ3n) is 2.09. The van der Waals surface area contributed by atoms with Gasteiger partial charge >= 0.3 is 0 Å². The van der Waals surface area contributed by atoms with Crippen LogP contribution in [0.3, 0.4) is 0 Å². The van der Waals surface area contributed by atoms with Crippen LogP contribution in [0.25, 0.3) is 10.4 Å². The zero-order valence-electron chi connectivity index (χ0n) is 7.94. The molecule has 0 saturated heterocycles. The van der Waals surface area contributed by atoms with E-state index in [4.69, 9.17) is 17.5 Å². The van der Waals surface area contributed by atoms with Gasteiger partial charge in [-0.05, 0) is 34.7 Å². The predicted octanol–water partition coefficient (Wildman–Crippen LogP) is 3.46. The van der Waals surface area contributed by atoms with Crippen molar-refractivity contribution in [2.75, 3.05) is 0 Å². The average molecular weight is 240 g/mol. The Morgan fingerprint density at radius 1 is 1.33 bits per heavy atom. The standard InChI is InChI=1S/C11H10ClNOS/c12-9-3-4-10(8(6-9)7-14-13)11-2-1-5-15-11/h1-6H,7,13H2. The van der Waals surface area contributed by atoms with Gasteiger partial charge in [-0.1, -0.05) is 23.7 Å². The van der Waals surface area contributed by atoms with Crippen molar-refractivity contribution in [3.05, 3.63) is 46.3 Å². The predicted molar refractivity (Wildman–Crippen MR) is 63.7 cm³/mol. The van der Waals surface area contributed by atoms with Gasteiger partial charge in [0, 0.05) is 9.90 Å². The molecule has 1 aromatic carbocycles. The highest BCUT2D eigenvalue weighted by Crippen LogP contribution is 2.30. The Bertz CT molecular complexity index is 442. The number of benzene rings is 1. The van der Waals surface area contributed by atoms with Gasteiger partial charge in [0.1, 0.15) is 0 Å². The fourth-order valence-electron chi connectivity index (χ4n) is 1.44. The lowest BCUT2D eigenvalue weighted by Gasteiger charge is -2.07. The molecular weight excluding hydrogens is 230 g/mol. The molecule has 2 nitrogen and oxygen atoms in total. The van der Waals surface area contributed by atoms with Crippen LogP contribution in [0.2, 0.25) is 5.02 Å². The maximum absolute atomic E-state index is 5.92. The summed E-state index contributed by atoms with van der Waals surface area (Å²) in [5.41, 5.74) is 2.13. The molecule has 0 fully saturated rings. The van der Waals surface area contributed by atoms with Gasteiger partial charge in [-0.25, -0.2) is 5.90 Å². The van der Waals surface area contributed by atoms with Gasteiger partial charge in [-0.2, -0.15) is 0 Å². The monoisotopic (exact) mass is 239 g/mol. The summed E-state index contributed by atoms with van der Waals surface area (Å²) in [6.45, 7) is 0.369. The van der Waals surface area contributed by atoms with Gasteiger partial charge in [0.15, 0.2) is 0 Å². The van der Waals surface area contributed by atoms with Gasteiger partial charge in [-0.15, -0.1) is 11.3 Å². The number of halogens is 1. The van der Waals surface area contributed by atoms with Crippen molar-refractivity contribution >= 4 is 22.9 Å². The molecule has 0 saturated carbocycles. The topological polar surface area (TPSA) is 35.2 Å². The summed E-state index contributed by atoms with van der Waals surface area (Å²) in [5.74, 6) is 5.09. The highest BCUT2D eigenvalue weighted by molar-refractivity contribution is 7.13. The second kappa shape index (κ2) is 4.77. The third kappa shape index (κ3) is 2.38. The number of thiophene rings is 1.